The average molecular weight is 168 g/mol. The molecule has 0 atom stereocenters. The largest absolute Gasteiger partial charge is 0.315 e. The lowest BCUT2D eigenvalue weighted by atomic mass is 10.0. The van der Waals surface area contributed by atoms with E-state index in [-0.39, 0.29) is 10.6 Å². The quantitative estimate of drug-likeness (QED) is 0.507. The molecule has 0 aromatic rings. The van der Waals surface area contributed by atoms with Crippen LogP contribution < -0.4 is 5.32 Å². The Morgan fingerprint density at radius 3 is 2.83 bits per heavy atom. The molecule has 0 unspecified atom stereocenters. The molecule has 0 saturated heterocycles. The lowest BCUT2D eigenvalue weighted by molar-refractivity contribution is -0.421. The van der Waals surface area contributed by atoms with Crippen molar-refractivity contribution >= 4 is 0 Å². The first-order valence-electron chi connectivity index (χ1n) is 3.94. The molecular weight excluding hydrogens is 156 g/mol. The molecule has 0 radical (unpaired) electrons. The van der Waals surface area contributed by atoms with E-state index in [1.165, 1.54) is 0 Å². The molecule has 12 heavy (non-hydrogen) atoms. The Morgan fingerprint density at radius 1 is 1.58 bits per heavy atom. The third kappa shape index (κ3) is 1.92. The maximum Gasteiger partial charge on any atom is 0.269 e. The van der Waals surface area contributed by atoms with Crippen LogP contribution in [-0.2, 0) is 0 Å². The SMILES string of the molecule is CNCC1=CCCC=C1[N+](=O)[O-]. The van der Waals surface area contributed by atoms with Gasteiger partial charge in [-0.1, -0.05) is 6.08 Å². The maximum atomic E-state index is 10.5. The van der Waals surface area contributed by atoms with Gasteiger partial charge in [0.1, 0.15) is 0 Å². The van der Waals surface area contributed by atoms with Gasteiger partial charge < -0.3 is 5.32 Å². The van der Waals surface area contributed by atoms with Gasteiger partial charge in [-0.05, 0) is 26.0 Å². The molecule has 0 amide bonds. The first kappa shape index (κ1) is 8.93. The van der Waals surface area contributed by atoms with Crippen molar-refractivity contribution in [2.45, 2.75) is 12.8 Å². The number of nitrogens with zero attached hydrogens (tertiary/aromatic N) is 1. The highest BCUT2D eigenvalue weighted by Gasteiger charge is 2.18. The van der Waals surface area contributed by atoms with Crippen LogP contribution >= 0.6 is 0 Å². The van der Waals surface area contributed by atoms with Crippen LogP contribution in [0.15, 0.2) is 23.4 Å². The molecule has 1 aliphatic rings. The lowest BCUT2D eigenvalue weighted by Crippen LogP contribution is -2.16. The van der Waals surface area contributed by atoms with Gasteiger partial charge in [-0.25, -0.2) is 0 Å². The van der Waals surface area contributed by atoms with Crippen LogP contribution in [0.2, 0.25) is 0 Å². The molecule has 0 aromatic carbocycles. The van der Waals surface area contributed by atoms with Gasteiger partial charge in [0.15, 0.2) is 0 Å². The van der Waals surface area contributed by atoms with E-state index >= 15 is 0 Å². The maximum absolute atomic E-state index is 10.5. The second kappa shape index (κ2) is 4.01. The highest BCUT2D eigenvalue weighted by molar-refractivity contribution is 5.29. The monoisotopic (exact) mass is 168 g/mol. The zero-order valence-electron chi connectivity index (χ0n) is 7.04. The van der Waals surface area contributed by atoms with Gasteiger partial charge in [-0.15, -0.1) is 0 Å². The van der Waals surface area contributed by atoms with Gasteiger partial charge in [-0.2, -0.15) is 0 Å². The summed E-state index contributed by atoms with van der Waals surface area (Å²) in [5, 5.41) is 13.4. The number of likely N-dealkylation sites (N-methyl/N-ethyl adjacent to an activating group) is 1. The zero-order valence-corrected chi connectivity index (χ0v) is 7.04. The van der Waals surface area contributed by atoms with Crippen molar-refractivity contribution in [1.82, 2.24) is 5.32 Å². The predicted octanol–water partition coefficient (Wildman–Crippen LogP) is 1.09. The van der Waals surface area contributed by atoms with Crippen LogP contribution in [-0.4, -0.2) is 18.5 Å². The molecule has 0 heterocycles. The second-order valence-electron chi connectivity index (χ2n) is 2.68. The number of allylic oxidation sites excluding steroid dienone is 2. The van der Waals surface area contributed by atoms with Crippen LogP contribution in [0.3, 0.4) is 0 Å². The van der Waals surface area contributed by atoms with Crippen molar-refractivity contribution < 1.29 is 4.92 Å². The third-order valence-electron chi connectivity index (χ3n) is 1.79. The Bertz CT molecular complexity index is 243. The highest BCUT2D eigenvalue weighted by Crippen LogP contribution is 2.17. The first-order valence-corrected chi connectivity index (χ1v) is 3.94. The number of nitro groups is 1. The molecule has 0 fully saturated rings. The Balaban J connectivity index is 2.75. The van der Waals surface area contributed by atoms with Gasteiger partial charge in [0.2, 0.25) is 0 Å². The standard InChI is InChI=1S/C8H12N2O2/c1-9-6-7-4-2-3-5-8(7)10(11)12/h4-5,9H,2-3,6H2,1H3. The topological polar surface area (TPSA) is 55.2 Å². The van der Waals surface area contributed by atoms with Crippen molar-refractivity contribution in [2.75, 3.05) is 13.6 Å². The summed E-state index contributed by atoms with van der Waals surface area (Å²) in [5.74, 6) is 0. The van der Waals surface area contributed by atoms with Crippen molar-refractivity contribution in [3.8, 4) is 0 Å². The first-order chi connectivity index (χ1) is 5.75. The molecule has 0 aliphatic heterocycles. The van der Waals surface area contributed by atoms with E-state index < -0.39 is 0 Å². The second-order valence-corrected chi connectivity index (χ2v) is 2.68. The molecule has 0 spiro atoms. The molecule has 4 heteroatoms. The Kier molecular flexibility index (Phi) is 2.99. The highest BCUT2D eigenvalue weighted by atomic mass is 16.6. The number of nitrogens with one attached hydrogen (secondary N) is 1. The summed E-state index contributed by atoms with van der Waals surface area (Å²) in [4.78, 5) is 10.2. The van der Waals surface area contributed by atoms with Gasteiger partial charge in [0.25, 0.3) is 5.70 Å². The van der Waals surface area contributed by atoms with E-state index in [4.69, 9.17) is 0 Å². The number of hydrogen-bond acceptors (Lipinski definition) is 3. The van der Waals surface area contributed by atoms with Crippen molar-refractivity contribution in [3.05, 3.63) is 33.5 Å². The van der Waals surface area contributed by atoms with Crippen LogP contribution in [0.25, 0.3) is 0 Å². The number of rotatable bonds is 3. The smallest absolute Gasteiger partial charge is 0.269 e. The van der Waals surface area contributed by atoms with E-state index in [1.54, 1.807) is 13.1 Å². The van der Waals surface area contributed by atoms with Gasteiger partial charge >= 0.3 is 0 Å². The van der Waals surface area contributed by atoms with Crippen molar-refractivity contribution in [1.29, 1.82) is 0 Å². The summed E-state index contributed by atoms with van der Waals surface area (Å²) in [5.41, 5.74) is 1.06. The zero-order chi connectivity index (χ0) is 8.97. The number of hydrogen-bond donors (Lipinski definition) is 1. The van der Waals surface area contributed by atoms with E-state index in [2.05, 4.69) is 5.32 Å². The Labute approximate surface area is 71.1 Å². The fourth-order valence-electron chi connectivity index (χ4n) is 1.26. The van der Waals surface area contributed by atoms with E-state index in [0.717, 1.165) is 18.4 Å². The Hall–Kier alpha value is -1.16. The van der Waals surface area contributed by atoms with E-state index in [9.17, 15) is 10.1 Å². The summed E-state index contributed by atoms with van der Waals surface area (Å²) in [7, 11) is 1.78. The summed E-state index contributed by atoms with van der Waals surface area (Å²) in [6.45, 7) is 0.576. The van der Waals surface area contributed by atoms with Crippen LogP contribution in [0.5, 0.6) is 0 Å². The van der Waals surface area contributed by atoms with Gasteiger partial charge in [0.05, 0.1) is 4.92 Å². The molecule has 0 bridgehead atoms. The lowest BCUT2D eigenvalue weighted by Gasteiger charge is -2.07. The minimum atomic E-state index is -0.317. The normalized spacial score (nSPS) is 16.8. The van der Waals surface area contributed by atoms with Gasteiger partial charge in [-0.3, -0.25) is 10.1 Å². The molecule has 4 nitrogen and oxygen atoms in total. The summed E-state index contributed by atoms with van der Waals surface area (Å²) < 4.78 is 0. The van der Waals surface area contributed by atoms with E-state index in [0.29, 0.717) is 6.54 Å². The minimum absolute atomic E-state index is 0.260. The average Bonchev–Trinajstić information content (AvgIpc) is 2.05. The van der Waals surface area contributed by atoms with Gasteiger partial charge in [0, 0.05) is 12.1 Å². The molecule has 1 aliphatic carbocycles. The third-order valence-corrected chi connectivity index (χ3v) is 1.79. The molecule has 1 N–H and O–H groups in total. The van der Waals surface area contributed by atoms with E-state index in [1.807, 2.05) is 6.08 Å². The summed E-state index contributed by atoms with van der Waals surface area (Å²) in [6, 6.07) is 0. The minimum Gasteiger partial charge on any atom is -0.315 e. The summed E-state index contributed by atoms with van der Waals surface area (Å²) in [6.07, 6.45) is 5.30. The molecule has 1 rings (SSSR count). The van der Waals surface area contributed by atoms with Crippen LogP contribution in [0.4, 0.5) is 0 Å². The molecule has 66 valence electrons. The van der Waals surface area contributed by atoms with Crippen LogP contribution in [0, 0.1) is 10.1 Å². The van der Waals surface area contributed by atoms with Crippen molar-refractivity contribution in [3.63, 3.8) is 0 Å². The van der Waals surface area contributed by atoms with Crippen molar-refractivity contribution in [2.24, 2.45) is 0 Å². The fourth-order valence-corrected chi connectivity index (χ4v) is 1.26. The predicted molar refractivity (Wildman–Crippen MR) is 46.3 cm³/mol. The fraction of sp³-hybridized carbons (Fsp3) is 0.500. The van der Waals surface area contributed by atoms with Crippen LogP contribution in [0.1, 0.15) is 12.8 Å². The molecular formula is C8H12N2O2. The Morgan fingerprint density at radius 2 is 2.25 bits per heavy atom. The molecule has 0 saturated carbocycles. The molecule has 0 aromatic heterocycles. The summed E-state index contributed by atoms with van der Waals surface area (Å²) >= 11 is 0.